The lowest BCUT2D eigenvalue weighted by molar-refractivity contribution is -0.138. The van der Waals surface area contributed by atoms with Gasteiger partial charge in [-0.05, 0) is 41.7 Å². The third kappa shape index (κ3) is 4.13. The van der Waals surface area contributed by atoms with Crippen molar-refractivity contribution in [3.8, 4) is 0 Å². The molecule has 4 rings (SSSR count). The zero-order chi connectivity index (χ0) is 19.7. The van der Waals surface area contributed by atoms with Crippen molar-refractivity contribution in [2.75, 3.05) is 25.9 Å². The van der Waals surface area contributed by atoms with E-state index in [0.29, 0.717) is 23.8 Å². The molecule has 28 heavy (non-hydrogen) atoms. The number of rotatable bonds is 5. The largest absolute Gasteiger partial charge is 0.339 e. The summed E-state index contributed by atoms with van der Waals surface area (Å²) >= 11 is 0. The third-order valence-corrected chi connectivity index (χ3v) is 7.00. The molecule has 0 aromatic heterocycles. The Morgan fingerprint density at radius 1 is 1.04 bits per heavy atom. The summed E-state index contributed by atoms with van der Waals surface area (Å²) in [6.45, 7) is 3.67. The fraction of sp³-hybridized carbons (Fsp3) is 0.409. The lowest BCUT2D eigenvalue weighted by Crippen LogP contribution is -2.61. The molecule has 2 heterocycles. The van der Waals surface area contributed by atoms with E-state index in [1.54, 1.807) is 24.3 Å². The first-order valence-corrected chi connectivity index (χ1v) is 11.7. The minimum Gasteiger partial charge on any atom is -0.339 e. The summed E-state index contributed by atoms with van der Waals surface area (Å²) in [4.78, 5) is 17.2. The quantitative estimate of drug-likeness (QED) is 0.776. The summed E-state index contributed by atoms with van der Waals surface area (Å²) in [5, 5.41) is 0. The average Bonchev–Trinajstić information content (AvgIpc) is 2.65. The van der Waals surface area contributed by atoms with Gasteiger partial charge in [0.05, 0.1) is 4.90 Å². The van der Waals surface area contributed by atoms with Crippen molar-refractivity contribution in [1.82, 2.24) is 9.80 Å². The van der Waals surface area contributed by atoms with Crippen molar-refractivity contribution >= 4 is 15.7 Å². The van der Waals surface area contributed by atoms with Crippen molar-refractivity contribution in [3.05, 3.63) is 65.2 Å². The Bertz CT molecular complexity index is 964. The Morgan fingerprint density at radius 2 is 1.71 bits per heavy atom. The number of sulfone groups is 1. The fourth-order valence-corrected chi connectivity index (χ4v) is 4.66. The van der Waals surface area contributed by atoms with Gasteiger partial charge in [-0.15, -0.1) is 0 Å². The molecule has 0 spiro atoms. The minimum atomic E-state index is -3.17. The lowest BCUT2D eigenvalue weighted by Gasteiger charge is -2.47. The van der Waals surface area contributed by atoms with E-state index < -0.39 is 9.84 Å². The summed E-state index contributed by atoms with van der Waals surface area (Å²) in [6.07, 6.45) is 3.39. The molecule has 0 atom stereocenters. The number of likely N-dealkylation sites (tertiary alicyclic amines) is 1. The highest BCUT2D eigenvalue weighted by atomic mass is 32.2. The third-order valence-electron chi connectivity index (χ3n) is 5.87. The predicted molar refractivity (Wildman–Crippen MR) is 109 cm³/mol. The second-order valence-corrected chi connectivity index (χ2v) is 9.87. The van der Waals surface area contributed by atoms with Crippen LogP contribution in [-0.2, 0) is 34.0 Å². The van der Waals surface area contributed by atoms with Crippen molar-refractivity contribution in [1.29, 1.82) is 0 Å². The number of hydrogen-bond acceptors (Lipinski definition) is 4. The molecular formula is C22H26N2O3S. The number of fused-ring (bicyclic) bond motifs is 1. The molecule has 0 aliphatic carbocycles. The van der Waals surface area contributed by atoms with E-state index in [9.17, 15) is 13.2 Å². The van der Waals surface area contributed by atoms with Crippen molar-refractivity contribution < 1.29 is 13.2 Å². The Hall–Kier alpha value is -2.18. The molecule has 1 fully saturated rings. The van der Waals surface area contributed by atoms with Gasteiger partial charge >= 0.3 is 0 Å². The first-order chi connectivity index (χ1) is 13.4. The second kappa shape index (κ2) is 7.68. The van der Waals surface area contributed by atoms with Gasteiger partial charge in [-0.3, -0.25) is 9.69 Å². The SMILES string of the molecule is CS(=O)(=O)c1ccc(CCC(=O)N2CC(N3CCc4ccccc4C3)C2)cc1. The van der Waals surface area contributed by atoms with Gasteiger partial charge in [-0.25, -0.2) is 8.42 Å². The Balaban J connectivity index is 1.24. The summed E-state index contributed by atoms with van der Waals surface area (Å²) in [6, 6.07) is 15.9. The molecule has 2 aromatic rings. The molecule has 2 aliphatic rings. The van der Waals surface area contributed by atoms with Crippen LogP contribution in [0.3, 0.4) is 0 Å². The maximum atomic E-state index is 12.5. The Morgan fingerprint density at radius 3 is 2.39 bits per heavy atom. The van der Waals surface area contributed by atoms with Crippen LogP contribution in [0.2, 0.25) is 0 Å². The van der Waals surface area contributed by atoms with E-state index >= 15 is 0 Å². The van der Waals surface area contributed by atoms with E-state index in [1.165, 1.54) is 17.4 Å². The number of benzene rings is 2. The molecule has 5 nitrogen and oxygen atoms in total. The van der Waals surface area contributed by atoms with Gasteiger partial charge in [0.2, 0.25) is 5.91 Å². The van der Waals surface area contributed by atoms with Crippen molar-refractivity contribution in [2.24, 2.45) is 0 Å². The number of amides is 1. The van der Waals surface area contributed by atoms with Crippen molar-refractivity contribution in [3.63, 3.8) is 0 Å². The van der Waals surface area contributed by atoms with Crippen molar-refractivity contribution in [2.45, 2.75) is 36.7 Å². The maximum Gasteiger partial charge on any atom is 0.223 e. The van der Waals surface area contributed by atoms with Crippen LogP contribution in [0.5, 0.6) is 0 Å². The molecule has 0 saturated carbocycles. The van der Waals surface area contributed by atoms with E-state index in [0.717, 1.165) is 38.2 Å². The van der Waals surface area contributed by atoms with E-state index in [2.05, 4.69) is 29.2 Å². The summed E-state index contributed by atoms with van der Waals surface area (Å²) < 4.78 is 23.0. The molecule has 2 aromatic carbocycles. The molecular weight excluding hydrogens is 372 g/mol. The molecule has 0 radical (unpaired) electrons. The number of carbonyl (C=O) groups excluding carboxylic acids is 1. The Labute approximate surface area is 166 Å². The van der Waals surface area contributed by atoms with Crippen LogP contribution in [0.4, 0.5) is 0 Å². The predicted octanol–water partition coefficient (Wildman–Crippen LogP) is 2.29. The minimum absolute atomic E-state index is 0.181. The van der Waals surface area contributed by atoms with Gasteiger partial charge < -0.3 is 4.90 Å². The standard InChI is InChI=1S/C22H26N2O3S/c1-28(26,27)21-9-6-17(7-10-21)8-11-22(25)24-15-20(16-24)23-13-12-18-4-2-3-5-19(18)14-23/h2-7,9-10,20H,8,11-16H2,1H3. The summed E-state index contributed by atoms with van der Waals surface area (Å²) in [7, 11) is -3.17. The number of carbonyl (C=O) groups is 1. The van der Waals surface area contributed by atoms with E-state index in [1.807, 2.05) is 4.90 Å². The zero-order valence-corrected chi connectivity index (χ0v) is 17.0. The van der Waals surface area contributed by atoms with Gasteiger partial charge in [0, 0.05) is 44.9 Å². The molecule has 0 N–H and O–H groups in total. The molecule has 1 amide bonds. The lowest BCUT2D eigenvalue weighted by atomic mass is 9.96. The highest BCUT2D eigenvalue weighted by Crippen LogP contribution is 2.25. The fourth-order valence-electron chi connectivity index (χ4n) is 4.03. The summed E-state index contributed by atoms with van der Waals surface area (Å²) in [5.74, 6) is 0.181. The van der Waals surface area contributed by atoms with Crippen LogP contribution in [-0.4, -0.2) is 56.1 Å². The first-order valence-electron chi connectivity index (χ1n) is 9.78. The molecule has 148 valence electrons. The van der Waals surface area contributed by atoms with E-state index in [4.69, 9.17) is 0 Å². The molecule has 6 heteroatoms. The van der Waals surface area contributed by atoms with Crippen LogP contribution < -0.4 is 0 Å². The van der Waals surface area contributed by atoms with Crippen LogP contribution in [0, 0.1) is 0 Å². The Kier molecular flexibility index (Phi) is 5.25. The average molecular weight is 399 g/mol. The number of aryl methyl sites for hydroxylation is 1. The summed E-state index contributed by atoms with van der Waals surface area (Å²) in [5.41, 5.74) is 3.86. The van der Waals surface area contributed by atoms with E-state index in [-0.39, 0.29) is 5.91 Å². The van der Waals surface area contributed by atoms with Crippen LogP contribution in [0.15, 0.2) is 53.4 Å². The van der Waals surface area contributed by atoms with Gasteiger partial charge in [0.1, 0.15) is 0 Å². The van der Waals surface area contributed by atoms with Crippen LogP contribution in [0.1, 0.15) is 23.1 Å². The van der Waals surface area contributed by atoms with Gasteiger partial charge in [0.15, 0.2) is 9.84 Å². The molecule has 0 unspecified atom stereocenters. The molecule has 0 bridgehead atoms. The highest BCUT2D eigenvalue weighted by Gasteiger charge is 2.35. The maximum absolute atomic E-state index is 12.5. The molecule has 2 aliphatic heterocycles. The topological polar surface area (TPSA) is 57.7 Å². The smallest absolute Gasteiger partial charge is 0.223 e. The van der Waals surface area contributed by atoms with Crippen LogP contribution in [0.25, 0.3) is 0 Å². The second-order valence-electron chi connectivity index (χ2n) is 7.86. The first kappa shape index (κ1) is 19.2. The number of hydrogen-bond donors (Lipinski definition) is 0. The monoisotopic (exact) mass is 398 g/mol. The van der Waals surface area contributed by atoms with Crippen LogP contribution >= 0.6 is 0 Å². The highest BCUT2D eigenvalue weighted by molar-refractivity contribution is 7.90. The normalized spacial score (nSPS) is 17.8. The van der Waals surface area contributed by atoms with Gasteiger partial charge in [0.25, 0.3) is 0 Å². The zero-order valence-electron chi connectivity index (χ0n) is 16.2. The van der Waals surface area contributed by atoms with Gasteiger partial charge in [-0.1, -0.05) is 36.4 Å². The molecule has 1 saturated heterocycles. The van der Waals surface area contributed by atoms with Gasteiger partial charge in [-0.2, -0.15) is 0 Å². The number of nitrogens with zero attached hydrogens (tertiary/aromatic N) is 2.